The van der Waals surface area contributed by atoms with Crippen molar-refractivity contribution in [3.63, 3.8) is 0 Å². The van der Waals surface area contributed by atoms with Gasteiger partial charge in [0.1, 0.15) is 5.82 Å². The number of nitrogen functional groups attached to an aromatic ring is 1. The van der Waals surface area contributed by atoms with Gasteiger partial charge in [-0.2, -0.15) is 4.98 Å². The van der Waals surface area contributed by atoms with Crippen LogP contribution in [-0.4, -0.2) is 28.2 Å². The van der Waals surface area contributed by atoms with E-state index >= 15 is 0 Å². The molecule has 3 atom stereocenters. The zero-order valence-electron chi connectivity index (χ0n) is 8.39. The van der Waals surface area contributed by atoms with E-state index in [2.05, 4.69) is 15.3 Å². The van der Waals surface area contributed by atoms with Crippen LogP contribution in [0.5, 0.6) is 0 Å². The molecule has 3 N–H and O–H groups in total. The number of anilines is 2. The van der Waals surface area contributed by atoms with Crippen LogP contribution in [0.25, 0.3) is 0 Å². The summed E-state index contributed by atoms with van der Waals surface area (Å²) in [6, 6.07) is 2.04. The largest absolute Gasteiger partial charge is 0.384 e. The van der Waals surface area contributed by atoms with E-state index in [0.717, 1.165) is 12.8 Å². The van der Waals surface area contributed by atoms with E-state index in [1.54, 1.807) is 12.3 Å². The van der Waals surface area contributed by atoms with E-state index in [9.17, 15) is 0 Å². The molecule has 0 aromatic carbocycles. The highest BCUT2D eigenvalue weighted by Crippen LogP contribution is 2.35. The number of hydrogen-bond donors (Lipinski definition) is 2. The molecule has 0 amide bonds. The fourth-order valence-electron chi connectivity index (χ4n) is 2.40. The summed E-state index contributed by atoms with van der Waals surface area (Å²) in [5.41, 5.74) is 5.59. The van der Waals surface area contributed by atoms with Crippen LogP contribution in [0.3, 0.4) is 0 Å². The quantitative estimate of drug-likeness (QED) is 0.748. The van der Waals surface area contributed by atoms with E-state index in [0.29, 0.717) is 30.0 Å². The molecule has 3 rings (SSSR count). The van der Waals surface area contributed by atoms with Crippen molar-refractivity contribution >= 4 is 11.8 Å². The van der Waals surface area contributed by atoms with Crippen molar-refractivity contribution in [2.24, 2.45) is 0 Å². The number of hydrogen-bond acceptors (Lipinski definition) is 5. The number of nitrogens with zero attached hydrogens (tertiary/aromatic N) is 2. The minimum atomic E-state index is 0.333. The molecular weight excluding hydrogens is 192 g/mol. The summed E-state index contributed by atoms with van der Waals surface area (Å²) in [4.78, 5) is 8.25. The Bertz CT molecular complexity index is 370. The van der Waals surface area contributed by atoms with Gasteiger partial charge in [-0.05, 0) is 25.3 Å². The first kappa shape index (κ1) is 8.91. The maximum Gasteiger partial charge on any atom is 0.224 e. The second kappa shape index (κ2) is 3.34. The molecule has 0 spiro atoms. The monoisotopic (exact) mass is 206 g/mol. The molecule has 0 aliphatic carbocycles. The third kappa shape index (κ3) is 1.63. The molecular formula is C10H14N4O. The SMILES string of the molecule is Nc1ccnc(NC2CC3CCC2O3)n1. The maximum absolute atomic E-state index is 5.74. The van der Waals surface area contributed by atoms with Gasteiger partial charge in [-0.1, -0.05) is 0 Å². The summed E-state index contributed by atoms with van der Waals surface area (Å²) < 4.78 is 5.74. The first-order valence-electron chi connectivity index (χ1n) is 5.32. The third-order valence-electron chi connectivity index (χ3n) is 3.10. The number of nitrogens with two attached hydrogens (primary N) is 1. The van der Waals surface area contributed by atoms with E-state index in [4.69, 9.17) is 10.5 Å². The lowest BCUT2D eigenvalue weighted by Crippen LogP contribution is -2.31. The Morgan fingerprint density at radius 3 is 3.07 bits per heavy atom. The van der Waals surface area contributed by atoms with Crippen molar-refractivity contribution in [2.45, 2.75) is 37.5 Å². The third-order valence-corrected chi connectivity index (χ3v) is 3.10. The molecule has 3 unspecified atom stereocenters. The van der Waals surface area contributed by atoms with E-state index in [1.807, 2.05) is 0 Å². The van der Waals surface area contributed by atoms with Crippen LogP contribution in [-0.2, 0) is 4.74 Å². The first-order valence-corrected chi connectivity index (χ1v) is 5.32. The fourth-order valence-corrected chi connectivity index (χ4v) is 2.40. The second-order valence-corrected chi connectivity index (χ2v) is 4.17. The van der Waals surface area contributed by atoms with Crippen LogP contribution >= 0.6 is 0 Å². The molecule has 1 aromatic rings. The smallest absolute Gasteiger partial charge is 0.224 e. The predicted molar refractivity (Wildman–Crippen MR) is 56.4 cm³/mol. The molecule has 2 fully saturated rings. The second-order valence-electron chi connectivity index (χ2n) is 4.17. The van der Waals surface area contributed by atoms with Crippen LogP contribution in [0.15, 0.2) is 12.3 Å². The minimum absolute atomic E-state index is 0.333. The average molecular weight is 206 g/mol. The lowest BCUT2D eigenvalue weighted by atomic mass is 9.96. The summed E-state index contributed by atoms with van der Waals surface area (Å²) in [5.74, 6) is 1.10. The van der Waals surface area contributed by atoms with Crippen LogP contribution in [0.1, 0.15) is 19.3 Å². The van der Waals surface area contributed by atoms with Crippen molar-refractivity contribution in [1.82, 2.24) is 9.97 Å². The molecule has 5 heteroatoms. The van der Waals surface area contributed by atoms with Crippen LogP contribution in [0.4, 0.5) is 11.8 Å². The molecule has 2 saturated heterocycles. The fraction of sp³-hybridized carbons (Fsp3) is 0.600. The summed E-state index contributed by atoms with van der Waals surface area (Å²) in [6.45, 7) is 0. The van der Waals surface area contributed by atoms with Crippen molar-refractivity contribution in [1.29, 1.82) is 0 Å². The van der Waals surface area contributed by atoms with E-state index in [-0.39, 0.29) is 0 Å². The summed E-state index contributed by atoms with van der Waals surface area (Å²) in [6.07, 6.45) is 5.83. The topological polar surface area (TPSA) is 73.1 Å². The molecule has 2 aliphatic rings. The van der Waals surface area contributed by atoms with Crippen LogP contribution in [0.2, 0.25) is 0 Å². The van der Waals surface area contributed by atoms with Gasteiger partial charge in [0.05, 0.1) is 18.2 Å². The Morgan fingerprint density at radius 1 is 1.47 bits per heavy atom. The van der Waals surface area contributed by atoms with Gasteiger partial charge in [0.15, 0.2) is 0 Å². The molecule has 15 heavy (non-hydrogen) atoms. The zero-order valence-corrected chi connectivity index (χ0v) is 8.39. The molecule has 5 nitrogen and oxygen atoms in total. The van der Waals surface area contributed by atoms with Gasteiger partial charge in [0.25, 0.3) is 0 Å². The Labute approximate surface area is 88.1 Å². The summed E-state index contributed by atoms with van der Waals surface area (Å²) >= 11 is 0. The Kier molecular flexibility index (Phi) is 1.98. The standard InChI is InChI=1S/C10H14N4O/c11-9-3-4-12-10(14-9)13-7-5-6-1-2-8(7)15-6/h3-4,6-8H,1-2,5H2,(H3,11,12,13,14). The number of fused-ring (bicyclic) bond motifs is 2. The maximum atomic E-state index is 5.74. The van der Waals surface area contributed by atoms with E-state index < -0.39 is 0 Å². The van der Waals surface area contributed by atoms with Crippen molar-refractivity contribution < 1.29 is 4.74 Å². The lowest BCUT2D eigenvalue weighted by molar-refractivity contribution is 0.102. The predicted octanol–water partition coefficient (Wildman–Crippen LogP) is 0.791. The highest BCUT2D eigenvalue weighted by molar-refractivity contribution is 5.36. The van der Waals surface area contributed by atoms with Crippen LogP contribution in [0, 0.1) is 0 Å². The van der Waals surface area contributed by atoms with Gasteiger partial charge in [0, 0.05) is 6.20 Å². The van der Waals surface area contributed by atoms with Gasteiger partial charge in [-0.15, -0.1) is 0 Å². The van der Waals surface area contributed by atoms with Gasteiger partial charge in [0.2, 0.25) is 5.95 Å². The minimum Gasteiger partial charge on any atom is -0.384 e. The van der Waals surface area contributed by atoms with Crippen molar-refractivity contribution in [2.75, 3.05) is 11.1 Å². The number of aromatic nitrogens is 2. The Morgan fingerprint density at radius 2 is 2.40 bits per heavy atom. The van der Waals surface area contributed by atoms with Gasteiger partial charge in [-0.25, -0.2) is 4.98 Å². The summed E-state index contributed by atoms with van der Waals surface area (Å²) in [5, 5.41) is 3.29. The van der Waals surface area contributed by atoms with E-state index in [1.165, 1.54) is 6.42 Å². The molecule has 2 bridgehead atoms. The molecule has 0 radical (unpaired) electrons. The molecule has 1 aromatic heterocycles. The molecule has 3 heterocycles. The number of ether oxygens (including phenoxy) is 1. The first-order chi connectivity index (χ1) is 7.31. The molecule has 0 saturated carbocycles. The number of rotatable bonds is 2. The highest BCUT2D eigenvalue weighted by atomic mass is 16.5. The average Bonchev–Trinajstić information content (AvgIpc) is 2.79. The zero-order chi connectivity index (χ0) is 10.3. The molecule has 80 valence electrons. The Balaban J connectivity index is 1.71. The van der Waals surface area contributed by atoms with Crippen LogP contribution < -0.4 is 11.1 Å². The lowest BCUT2D eigenvalue weighted by Gasteiger charge is -2.19. The van der Waals surface area contributed by atoms with Crippen molar-refractivity contribution in [3.05, 3.63) is 12.3 Å². The Hall–Kier alpha value is -1.36. The number of nitrogens with one attached hydrogen (secondary N) is 1. The summed E-state index contributed by atoms with van der Waals surface area (Å²) in [7, 11) is 0. The van der Waals surface area contributed by atoms with Crippen molar-refractivity contribution in [3.8, 4) is 0 Å². The van der Waals surface area contributed by atoms with Gasteiger partial charge in [-0.3, -0.25) is 0 Å². The highest BCUT2D eigenvalue weighted by Gasteiger charge is 2.40. The normalized spacial score (nSPS) is 33.2. The van der Waals surface area contributed by atoms with Gasteiger partial charge >= 0.3 is 0 Å². The van der Waals surface area contributed by atoms with Gasteiger partial charge < -0.3 is 15.8 Å². The molecule has 2 aliphatic heterocycles.